The maximum Gasteiger partial charge on any atom is 0.219 e. The highest BCUT2D eigenvalue weighted by molar-refractivity contribution is 9.10. The number of likely N-dealkylation sites (tertiary alicyclic amines) is 1. The van der Waals surface area contributed by atoms with Crippen molar-refractivity contribution in [2.24, 2.45) is 5.92 Å². The molecule has 30 heavy (non-hydrogen) atoms. The van der Waals surface area contributed by atoms with Crippen LogP contribution < -0.4 is 4.74 Å². The number of ether oxygens (including phenoxy) is 1. The van der Waals surface area contributed by atoms with Crippen LogP contribution in [0.4, 0.5) is 8.78 Å². The van der Waals surface area contributed by atoms with Crippen LogP contribution in [-0.2, 0) is 16.0 Å². The highest BCUT2D eigenvalue weighted by atomic mass is 79.9. The van der Waals surface area contributed by atoms with Gasteiger partial charge in [-0.2, -0.15) is 0 Å². The average molecular weight is 480 g/mol. The Balaban J connectivity index is 1.84. The molecular formula is C23H24BrF2NO3. The van der Waals surface area contributed by atoms with Crippen LogP contribution in [0.25, 0.3) is 0 Å². The lowest BCUT2D eigenvalue weighted by Crippen LogP contribution is -2.43. The molecule has 1 unspecified atom stereocenters. The predicted molar refractivity (Wildman–Crippen MR) is 113 cm³/mol. The number of methoxy groups -OCH3 is 1. The van der Waals surface area contributed by atoms with Crippen molar-refractivity contribution in [3.8, 4) is 5.75 Å². The number of hydrogen-bond donors (Lipinski definition) is 0. The average Bonchev–Trinajstić information content (AvgIpc) is 2.70. The third-order valence-electron chi connectivity index (χ3n) is 5.64. The van der Waals surface area contributed by atoms with Crippen LogP contribution in [0.5, 0.6) is 5.75 Å². The zero-order chi connectivity index (χ0) is 21.8. The van der Waals surface area contributed by atoms with Gasteiger partial charge in [0, 0.05) is 55.0 Å². The van der Waals surface area contributed by atoms with Crippen molar-refractivity contribution >= 4 is 27.6 Å². The van der Waals surface area contributed by atoms with Gasteiger partial charge in [0.25, 0.3) is 0 Å². The van der Waals surface area contributed by atoms with Gasteiger partial charge in [-0.05, 0) is 36.0 Å². The number of nitrogens with zero attached hydrogens (tertiary/aromatic N) is 1. The van der Waals surface area contributed by atoms with E-state index in [1.807, 2.05) is 24.3 Å². The Morgan fingerprint density at radius 2 is 1.80 bits per heavy atom. The second-order valence-electron chi connectivity index (χ2n) is 7.67. The van der Waals surface area contributed by atoms with E-state index < -0.39 is 17.6 Å². The summed E-state index contributed by atoms with van der Waals surface area (Å²) in [7, 11) is 1.35. The van der Waals surface area contributed by atoms with Gasteiger partial charge in [-0.1, -0.05) is 28.1 Å². The summed E-state index contributed by atoms with van der Waals surface area (Å²) in [5.74, 6) is -2.22. The maximum absolute atomic E-state index is 14.7. The molecule has 160 valence electrons. The number of benzene rings is 2. The fraction of sp³-hybridized carbons (Fsp3) is 0.391. The van der Waals surface area contributed by atoms with E-state index in [2.05, 4.69) is 15.9 Å². The number of rotatable bonds is 6. The zero-order valence-corrected chi connectivity index (χ0v) is 18.5. The van der Waals surface area contributed by atoms with Gasteiger partial charge in [-0.3, -0.25) is 9.59 Å². The fourth-order valence-corrected chi connectivity index (χ4v) is 4.40. The van der Waals surface area contributed by atoms with Crippen LogP contribution in [0.3, 0.4) is 0 Å². The number of halogens is 3. The van der Waals surface area contributed by atoms with E-state index in [0.717, 1.165) is 22.2 Å². The summed E-state index contributed by atoms with van der Waals surface area (Å²) < 4.78 is 35.4. The van der Waals surface area contributed by atoms with Crippen molar-refractivity contribution in [1.82, 2.24) is 4.90 Å². The Kier molecular flexibility index (Phi) is 7.23. The number of piperidine rings is 1. The topological polar surface area (TPSA) is 46.6 Å². The van der Waals surface area contributed by atoms with Crippen LogP contribution in [-0.4, -0.2) is 36.8 Å². The smallest absolute Gasteiger partial charge is 0.219 e. The molecule has 0 spiro atoms. The molecule has 4 nitrogen and oxygen atoms in total. The number of Topliss-reactive ketones (excluding diaryl/α,β-unsaturated/α-hetero) is 1. The summed E-state index contributed by atoms with van der Waals surface area (Å²) in [6.07, 6.45) is 0.787. The fourth-order valence-electron chi connectivity index (χ4n) is 4.13. The first-order valence-corrected chi connectivity index (χ1v) is 10.6. The van der Waals surface area contributed by atoms with Gasteiger partial charge in [-0.15, -0.1) is 0 Å². The van der Waals surface area contributed by atoms with E-state index in [0.29, 0.717) is 19.5 Å². The van der Waals surface area contributed by atoms with Crippen molar-refractivity contribution in [1.29, 1.82) is 0 Å². The first-order chi connectivity index (χ1) is 14.3. The van der Waals surface area contributed by atoms with E-state index >= 15 is 0 Å². The molecule has 1 fully saturated rings. The van der Waals surface area contributed by atoms with E-state index in [-0.39, 0.29) is 41.8 Å². The normalized spacial score (nSPS) is 18.9. The molecule has 0 bridgehead atoms. The molecule has 1 aliphatic heterocycles. The van der Waals surface area contributed by atoms with Gasteiger partial charge in [0.05, 0.1) is 7.11 Å². The van der Waals surface area contributed by atoms with Crippen LogP contribution >= 0.6 is 15.9 Å². The Morgan fingerprint density at radius 3 is 2.37 bits per heavy atom. The predicted octanol–water partition coefficient (Wildman–Crippen LogP) is 4.89. The molecule has 2 aromatic carbocycles. The molecule has 1 amide bonds. The van der Waals surface area contributed by atoms with Crippen molar-refractivity contribution in [2.75, 3.05) is 20.2 Å². The summed E-state index contributed by atoms with van der Waals surface area (Å²) >= 11 is 3.37. The van der Waals surface area contributed by atoms with Crippen LogP contribution in [0.15, 0.2) is 40.9 Å². The number of amides is 1. The molecule has 0 aromatic heterocycles. The molecule has 1 heterocycles. The molecular weight excluding hydrogens is 456 g/mol. The first-order valence-electron chi connectivity index (χ1n) is 9.83. The zero-order valence-electron chi connectivity index (χ0n) is 17.0. The minimum Gasteiger partial charge on any atom is -0.497 e. The molecule has 2 atom stereocenters. The van der Waals surface area contributed by atoms with Gasteiger partial charge < -0.3 is 9.64 Å². The summed E-state index contributed by atoms with van der Waals surface area (Å²) in [4.78, 5) is 26.3. The molecule has 2 aromatic rings. The minimum atomic E-state index is -0.682. The Morgan fingerprint density at radius 1 is 1.17 bits per heavy atom. The van der Waals surface area contributed by atoms with E-state index in [4.69, 9.17) is 4.74 Å². The second-order valence-corrected chi connectivity index (χ2v) is 8.59. The van der Waals surface area contributed by atoms with E-state index in [1.165, 1.54) is 14.0 Å². The lowest BCUT2D eigenvalue weighted by Gasteiger charge is -2.38. The Hall–Kier alpha value is -2.28. The molecule has 0 radical (unpaired) electrons. The van der Waals surface area contributed by atoms with Crippen molar-refractivity contribution in [2.45, 2.75) is 32.1 Å². The molecule has 3 rings (SSSR count). The van der Waals surface area contributed by atoms with Crippen LogP contribution in [0, 0.1) is 17.6 Å². The molecule has 1 aliphatic rings. The van der Waals surface area contributed by atoms with E-state index in [9.17, 15) is 18.4 Å². The molecule has 7 heteroatoms. The summed E-state index contributed by atoms with van der Waals surface area (Å²) in [5, 5.41) is 0. The van der Waals surface area contributed by atoms with Crippen molar-refractivity contribution < 1.29 is 23.1 Å². The van der Waals surface area contributed by atoms with Gasteiger partial charge in [0.1, 0.15) is 23.2 Å². The highest BCUT2D eigenvalue weighted by Crippen LogP contribution is 2.39. The minimum absolute atomic E-state index is 0.0212. The molecule has 0 N–H and O–H groups in total. The lowest BCUT2D eigenvalue weighted by atomic mass is 9.77. The van der Waals surface area contributed by atoms with Crippen molar-refractivity contribution in [3.63, 3.8) is 0 Å². The third-order valence-corrected chi connectivity index (χ3v) is 6.17. The number of carbonyl (C=O) groups is 2. The van der Waals surface area contributed by atoms with E-state index in [1.54, 1.807) is 4.90 Å². The number of ketones is 1. The summed E-state index contributed by atoms with van der Waals surface area (Å²) in [6, 6.07) is 9.79. The Bertz CT molecular complexity index is 910. The monoisotopic (exact) mass is 479 g/mol. The van der Waals surface area contributed by atoms with Gasteiger partial charge >= 0.3 is 0 Å². The third kappa shape index (κ3) is 5.25. The standard InChI is InChI=1S/C23H24BrF2NO3/c1-14(28)27-8-7-20(23-21(25)11-19(30-2)12-22(23)26)16(13-27)10-18(29)9-15-3-5-17(24)6-4-15/h3-6,11-12,16,20H,7-10,13H2,1-2H3/t16-,20?/m1/s1. The van der Waals surface area contributed by atoms with Gasteiger partial charge in [-0.25, -0.2) is 8.78 Å². The maximum atomic E-state index is 14.7. The molecule has 0 saturated carbocycles. The largest absolute Gasteiger partial charge is 0.497 e. The SMILES string of the molecule is COc1cc(F)c(C2CCN(C(C)=O)C[C@H]2CC(=O)Cc2ccc(Br)cc2)c(F)c1. The van der Waals surface area contributed by atoms with Crippen LogP contribution in [0.2, 0.25) is 0 Å². The number of hydrogen-bond acceptors (Lipinski definition) is 3. The highest BCUT2D eigenvalue weighted by Gasteiger charge is 2.36. The summed E-state index contributed by atoms with van der Waals surface area (Å²) in [6.45, 7) is 2.18. The number of carbonyl (C=O) groups excluding carboxylic acids is 2. The summed E-state index contributed by atoms with van der Waals surface area (Å²) in [5.41, 5.74) is 0.848. The van der Waals surface area contributed by atoms with Gasteiger partial charge in [0.15, 0.2) is 0 Å². The first kappa shape index (κ1) is 22.4. The van der Waals surface area contributed by atoms with Crippen molar-refractivity contribution in [3.05, 3.63) is 63.6 Å². The van der Waals surface area contributed by atoms with Crippen LogP contribution in [0.1, 0.15) is 36.8 Å². The van der Waals surface area contributed by atoms with Gasteiger partial charge in [0.2, 0.25) is 5.91 Å². The quantitative estimate of drug-likeness (QED) is 0.592. The second kappa shape index (κ2) is 9.69. The molecule has 1 saturated heterocycles. The lowest BCUT2D eigenvalue weighted by molar-refractivity contribution is -0.132. The Labute approximate surface area is 183 Å². The molecule has 0 aliphatic carbocycles.